The third-order valence-corrected chi connectivity index (χ3v) is 1.31. The van der Waals surface area contributed by atoms with Gasteiger partial charge in [-0.2, -0.15) is 0 Å². The van der Waals surface area contributed by atoms with Gasteiger partial charge in [0.25, 0.3) is 5.91 Å². The Balaban J connectivity index is 3.68. The van der Waals surface area contributed by atoms with Gasteiger partial charge in [-0.1, -0.05) is 6.92 Å². The fraction of sp³-hybridized carbons (Fsp3) is 0.714. The maximum atomic E-state index is 10.7. The molecule has 0 fully saturated rings. The van der Waals surface area contributed by atoms with Crippen LogP contribution in [0.1, 0.15) is 27.2 Å². The summed E-state index contributed by atoms with van der Waals surface area (Å²) in [6.45, 7) is 5.07. The van der Waals surface area contributed by atoms with E-state index < -0.39 is 11.7 Å². The van der Waals surface area contributed by atoms with Crippen molar-refractivity contribution in [3.63, 3.8) is 0 Å². The summed E-state index contributed by atoms with van der Waals surface area (Å²) in [6, 6.07) is 0.0939. The van der Waals surface area contributed by atoms with Crippen LogP contribution >= 0.6 is 0 Å². The fourth-order valence-corrected chi connectivity index (χ4v) is 0.427. The SMILES string of the molecule is CC[C@@H](C)NC(=O)C(C)=O. The zero-order chi connectivity index (χ0) is 8.15. The molecule has 0 bridgehead atoms. The molecule has 58 valence electrons. The molecule has 0 saturated heterocycles. The maximum Gasteiger partial charge on any atom is 0.287 e. The lowest BCUT2D eigenvalue weighted by Crippen LogP contribution is -2.35. The average Bonchev–Trinajstić information content (AvgIpc) is 1.87. The normalized spacial score (nSPS) is 12.3. The lowest BCUT2D eigenvalue weighted by molar-refractivity contribution is -0.137. The number of amides is 1. The van der Waals surface area contributed by atoms with Crippen molar-refractivity contribution < 1.29 is 9.59 Å². The molecular formula is C7H13NO2. The minimum absolute atomic E-state index is 0.0939. The van der Waals surface area contributed by atoms with E-state index in [1.54, 1.807) is 0 Å². The monoisotopic (exact) mass is 143 g/mol. The standard InChI is InChI=1S/C7H13NO2/c1-4-5(2)8-7(10)6(3)9/h5H,4H2,1-3H3,(H,8,10)/t5-/m1/s1. The molecule has 0 rings (SSSR count). The summed E-state index contributed by atoms with van der Waals surface area (Å²) >= 11 is 0. The first kappa shape index (κ1) is 9.14. The van der Waals surface area contributed by atoms with Gasteiger partial charge >= 0.3 is 0 Å². The van der Waals surface area contributed by atoms with E-state index in [0.717, 1.165) is 6.42 Å². The quantitative estimate of drug-likeness (QED) is 0.584. The van der Waals surface area contributed by atoms with E-state index in [9.17, 15) is 9.59 Å². The van der Waals surface area contributed by atoms with Crippen LogP contribution in [0.25, 0.3) is 0 Å². The molecule has 0 heterocycles. The summed E-state index contributed by atoms with van der Waals surface area (Å²) in [4.78, 5) is 21.0. The summed E-state index contributed by atoms with van der Waals surface area (Å²) in [6.07, 6.45) is 0.846. The van der Waals surface area contributed by atoms with Crippen LogP contribution in [-0.4, -0.2) is 17.7 Å². The third-order valence-electron chi connectivity index (χ3n) is 1.31. The number of nitrogens with one attached hydrogen (secondary N) is 1. The van der Waals surface area contributed by atoms with Gasteiger partial charge in [0.15, 0.2) is 0 Å². The Morgan fingerprint density at radius 1 is 1.50 bits per heavy atom. The summed E-state index contributed by atoms with van der Waals surface area (Å²) in [5.41, 5.74) is 0. The molecule has 3 nitrogen and oxygen atoms in total. The Kier molecular flexibility index (Phi) is 3.69. The highest BCUT2D eigenvalue weighted by Crippen LogP contribution is 1.86. The molecular weight excluding hydrogens is 130 g/mol. The van der Waals surface area contributed by atoms with Crippen LogP contribution in [0.4, 0.5) is 0 Å². The van der Waals surface area contributed by atoms with Crippen molar-refractivity contribution in [2.24, 2.45) is 0 Å². The van der Waals surface area contributed by atoms with Crippen molar-refractivity contribution in [3.05, 3.63) is 0 Å². The van der Waals surface area contributed by atoms with Gasteiger partial charge in [0, 0.05) is 13.0 Å². The molecule has 0 saturated carbocycles. The molecule has 1 N–H and O–H groups in total. The maximum absolute atomic E-state index is 10.7. The van der Waals surface area contributed by atoms with E-state index in [4.69, 9.17) is 0 Å². The molecule has 0 aromatic carbocycles. The van der Waals surface area contributed by atoms with Gasteiger partial charge in [0.05, 0.1) is 0 Å². The number of carbonyl (C=O) groups excluding carboxylic acids is 2. The molecule has 0 spiro atoms. The first-order valence-electron chi connectivity index (χ1n) is 3.39. The van der Waals surface area contributed by atoms with Crippen LogP contribution in [-0.2, 0) is 9.59 Å². The lowest BCUT2D eigenvalue weighted by atomic mass is 10.2. The van der Waals surface area contributed by atoms with Crippen LogP contribution < -0.4 is 5.32 Å². The molecule has 1 amide bonds. The first-order valence-corrected chi connectivity index (χ1v) is 3.39. The molecule has 10 heavy (non-hydrogen) atoms. The molecule has 0 radical (unpaired) electrons. The van der Waals surface area contributed by atoms with Crippen LogP contribution in [0.15, 0.2) is 0 Å². The highest BCUT2D eigenvalue weighted by Gasteiger charge is 2.08. The average molecular weight is 143 g/mol. The van der Waals surface area contributed by atoms with Gasteiger partial charge in [-0.25, -0.2) is 0 Å². The molecule has 0 aromatic heterocycles. The second-order valence-electron chi connectivity index (χ2n) is 2.34. The molecule has 0 aromatic rings. The Morgan fingerprint density at radius 3 is 2.30 bits per heavy atom. The highest BCUT2D eigenvalue weighted by molar-refractivity contribution is 6.35. The first-order chi connectivity index (χ1) is 4.57. The Bertz CT molecular complexity index is 143. The molecule has 0 unspecified atom stereocenters. The largest absolute Gasteiger partial charge is 0.347 e. The third kappa shape index (κ3) is 3.22. The minimum atomic E-state index is -0.491. The summed E-state index contributed by atoms with van der Waals surface area (Å²) in [5, 5.41) is 2.54. The topological polar surface area (TPSA) is 46.2 Å². The summed E-state index contributed by atoms with van der Waals surface area (Å²) in [7, 11) is 0. The van der Waals surface area contributed by atoms with E-state index >= 15 is 0 Å². The lowest BCUT2D eigenvalue weighted by Gasteiger charge is -2.08. The van der Waals surface area contributed by atoms with Crippen molar-refractivity contribution >= 4 is 11.7 Å². The van der Waals surface area contributed by atoms with Crippen molar-refractivity contribution in [2.75, 3.05) is 0 Å². The van der Waals surface area contributed by atoms with E-state index in [1.165, 1.54) is 6.92 Å². The van der Waals surface area contributed by atoms with Crippen molar-refractivity contribution in [2.45, 2.75) is 33.2 Å². The van der Waals surface area contributed by atoms with Crippen LogP contribution in [0.2, 0.25) is 0 Å². The van der Waals surface area contributed by atoms with Crippen molar-refractivity contribution in [1.82, 2.24) is 5.32 Å². The van der Waals surface area contributed by atoms with E-state index in [-0.39, 0.29) is 6.04 Å². The summed E-state index contributed by atoms with van der Waals surface area (Å²) in [5.74, 6) is -0.922. The van der Waals surface area contributed by atoms with E-state index in [0.29, 0.717) is 0 Å². The zero-order valence-corrected chi connectivity index (χ0v) is 6.60. The number of rotatable bonds is 3. The van der Waals surface area contributed by atoms with Crippen molar-refractivity contribution in [1.29, 1.82) is 0 Å². The fourth-order valence-electron chi connectivity index (χ4n) is 0.427. The van der Waals surface area contributed by atoms with E-state index in [2.05, 4.69) is 5.32 Å². The number of hydrogen-bond acceptors (Lipinski definition) is 2. The zero-order valence-electron chi connectivity index (χ0n) is 6.60. The predicted molar refractivity (Wildman–Crippen MR) is 38.6 cm³/mol. The number of ketones is 1. The Morgan fingerprint density at radius 2 is 2.00 bits per heavy atom. The van der Waals surface area contributed by atoms with Gasteiger partial charge in [0.2, 0.25) is 5.78 Å². The van der Waals surface area contributed by atoms with Crippen LogP contribution in [0, 0.1) is 0 Å². The molecule has 0 aliphatic rings. The minimum Gasteiger partial charge on any atom is -0.347 e. The van der Waals surface area contributed by atoms with Gasteiger partial charge < -0.3 is 5.32 Å². The summed E-state index contributed by atoms with van der Waals surface area (Å²) < 4.78 is 0. The van der Waals surface area contributed by atoms with E-state index in [1.807, 2.05) is 13.8 Å². The van der Waals surface area contributed by atoms with Gasteiger partial charge in [0.1, 0.15) is 0 Å². The van der Waals surface area contributed by atoms with Gasteiger partial charge in [-0.15, -0.1) is 0 Å². The highest BCUT2D eigenvalue weighted by atomic mass is 16.2. The second-order valence-corrected chi connectivity index (χ2v) is 2.34. The number of Topliss-reactive ketones (excluding diaryl/α,β-unsaturated/α-hetero) is 1. The van der Waals surface area contributed by atoms with Crippen molar-refractivity contribution in [3.8, 4) is 0 Å². The Hall–Kier alpha value is -0.860. The molecule has 0 aliphatic heterocycles. The predicted octanol–water partition coefficient (Wildman–Crippen LogP) is 0.490. The van der Waals surface area contributed by atoms with Crippen LogP contribution in [0.5, 0.6) is 0 Å². The number of carbonyl (C=O) groups is 2. The van der Waals surface area contributed by atoms with Gasteiger partial charge in [-0.05, 0) is 13.3 Å². The smallest absolute Gasteiger partial charge is 0.287 e. The number of hydrogen-bond donors (Lipinski definition) is 1. The van der Waals surface area contributed by atoms with Gasteiger partial charge in [-0.3, -0.25) is 9.59 Å². The van der Waals surface area contributed by atoms with Crippen LogP contribution in [0.3, 0.4) is 0 Å². The second kappa shape index (κ2) is 4.04. The molecule has 1 atom stereocenters. The Labute approximate surface area is 60.8 Å². The molecule has 3 heteroatoms. The molecule has 0 aliphatic carbocycles.